The van der Waals surface area contributed by atoms with Crippen LogP contribution < -0.4 is 0 Å². The monoisotopic (exact) mass is 357 g/mol. The van der Waals surface area contributed by atoms with Gasteiger partial charge in [-0.3, -0.25) is 14.3 Å². The number of likely N-dealkylation sites (N-methyl/N-ethyl adjacent to an activating group) is 1. The van der Waals surface area contributed by atoms with Gasteiger partial charge in [0.15, 0.2) is 0 Å². The van der Waals surface area contributed by atoms with E-state index in [0.717, 1.165) is 18.4 Å². The summed E-state index contributed by atoms with van der Waals surface area (Å²) < 4.78 is 6.80. The number of aromatic nitrogens is 3. The first kappa shape index (κ1) is 16.8. The zero-order chi connectivity index (χ0) is 18.5. The molecule has 2 saturated heterocycles. The van der Waals surface area contributed by atoms with E-state index in [1.807, 2.05) is 36.3 Å². The summed E-state index contributed by atoms with van der Waals surface area (Å²) in [5.74, 6) is 0.761. The number of hydrogen-bond acceptors (Lipinski definition) is 5. The second kappa shape index (κ2) is 5.96. The largest absolute Gasteiger partial charge is 0.361 e. The minimum absolute atomic E-state index is 0.0523. The molecule has 2 aliphatic rings. The molecule has 0 saturated carbocycles. The van der Waals surface area contributed by atoms with Gasteiger partial charge >= 0.3 is 0 Å². The van der Waals surface area contributed by atoms with Crippen LogP contribution in [0, 0.1) is 6.92 Å². The predicted molar refractivity (Wildman–Crippen MR) is 92.4 cm³/mol. The van der Waals surface area contributed by atoms with Gasteiger partial charge in [-0.15, -0.1) is 0 Å². The Kier molecular flexibility index (Phi) is 3.86. The lowest BCUT2D eigenvalue weighted by Gasteiger charge is -2.46. The maximum atomic E-state index is 12.7. The molecule has 2 fully saturated rings. The molecule has 0 bridgehead atoms. The molecule has 0 aliphatic carbocycles. The SMILES string of the molecule is Cc1oncc1C(=O)N1CCC2(CC1)[C@@H](c1cnn(C)c1)CC(=O)N2C. The lowest BCUT2D eigenvalue weighted by Crippen LogP contribution is -2.55. The van der Waals surface area contributed by atoms with Crippen molar-refractivity contribution in [1.82, 2.24) is 24.7 Å². The highest BCUT2D eigenvalue weighted by Gasteiger charge is 2.53. The van der Waals surface area contributed by atoms with E-state index in [1.54, 1.807) is 11.6 Å². The van der Waals surface area contributed by atoms with Crippen LogP contribution in [0.25, 0.3) is 0 Å². The third-order valence-corrected chi connectivity index (χ3v) is 6.09. The Morgan fingerprint density at radius 2 is 2.00 bits per heavy atom. The first-order valence-corrected chi connectivity index (χ1v) is 8.88. The average Bonchev–Trinajstić information content (AvgIpc) is 3.31. The third kappa shape index (κ3) is 2.43. The summed E-state index contributed by atoms with van der Waals surface area (Å²) in [5.41, 5.74) is 1.36. The Bertz CT molecular complexity index is 847. The van der Waals surface area contributed by atoms with Crippen molar-refractivity contribution in [3.8, 4) is 0 Å². The first-order valence-electron chi connectivity index (χ1n) is 8.88. The molecule has 1 atom stereocenters. The van der Waals surface area contributed by atoms with Gasteiger partial charge in [-0.25, -0.2) is 0 Å². The number of piperidine rings is 1. The molecule has 26 heavy (non-hydrogen) atoms. The van der Waals surface area contributed by atoms with Crippen LogP contribution in [-0.2, 0) is 11.8 Å². The lowest BCUT2D eigenvalue weighted by atomic mass is 9.74. The Hall–Kier alpha value is -2.64. The quantitative estimate of drug-likeness (QED) is 0.810. The minimum atomic E-state index is -0.249. The molecule has 138 valence electrons. The Morgan fingerprint density at radius 1 is 1.27 bits per heavy atom. The van der Waals surface area contributed by atoms with Crippen molar-refractivity contribution in [1.29, 1.82) is 0 Å². The van der Waals surface area contributed by atoms with Crippen LogP contribution >= 0.6 is 0 Å². The van der Waals surface area contributed by atoms with E-state index in [2.05, 4.69) is 10.3 Å². The summed E-state index contributed by atoms with van der Waals surface area (Å²) in [5, 5.41) is 7.98. The van der Waals surface area contributed by atoms with Crippen LogP contribution in [0.3, 0.4) is 0 Å². The van der Waals surface area contributed by atoms with Crippen molar-refractivity contribution in [2.75, 3.05) is 20.1 Å². The molecule has 2 aromatic heterocycles. The summed E-state index contributed by atoms with van der Waals surface area (Å²) in [7, 11) is 3.78. The molecule has 1 spiro atoms. The van der Waals surface area contributed by atoms with Gasteiger partial charge in [0.1, 0.15) is 11.3 Å². The van der Waals surface area contributed by atoms with E-state index in [4.69, 9.17) is 4.52 Å². The zero-order valence-electron chi connectivity index (χ0n) is 15.3. The standard InChI is InChI=1S/C18H23N5O3/c1-12-14(10-20-26-12)17(25)23-6-4-18(5-7-23)15(8-16(24)22(18)3)13-9-19-21(2)11-13/h9-11,15H,4-8H2,1-3H3/t15-/m1/s1. The van der Waals surface area contributed by atoms with Gasteiger partial charge in [0.2, 0.25) is 5.91 Å². The highest BCUT2D eigenvalue weighted by atomic mass is 16.5. The molecule has 2 amide bonds. The Morgan fingerprint density at radius 3 is 2.58 bits per heavy atom. The van der Waals surface area contributed by atoms with Crippen LogP contribution in [0.15, 0.2) is 23.1 Å². The molecule has 2 aromatic rings. The summed E-state index contributed by atoms with van der Waals surface area (Å²) in [6, 6.07) is 0. The van der Waals surface area contributed by atoms with Gasteiger partial charge in [0.25, 0.3) is 5.91 Å². The molecule has 2 aliphatic heterocycles. The molecular formula is C18H23N5O3. The fourth-order valence-electron chi connectivity index (χ4n) is 4.49. The summed E-state index contributed by atoms with van der Waals surface area (Å²) in [6.45, 7) is 2.96. The second-order valence-electron chi connectivity index (χ2n) is 7.35. The first-order chi connectivity index (χ1) is 12.4. The molecule has 4 heterocycles. The highest BCUT2D eigenvalue weighted by molar-refractivity contribution is 5.95. The Labute approximate surface area is 151 Å². The summed E-state index contributed by atoms with van der Waals surface area (Å²) in [4.78, 5) is 28.9. The van der Waals surface area contributed by atoms with Gasteiger partial charge in [0, 0.05) is 45.7 Å². The van der Waals surface area contributed by atoms with Crippen LogP contribution in [0.4, 0.5) is 0 Å². The second-order valence-corrected chi connectivity index (χ2v) is 7.35. The van der Waals surface area contributed by atoms with Gasteiger partial charge in [0.05, 0.1) is 17.9 Å². The average molecular weight is 357 g/mol. The van der Waals surface area contributed by atoms with Crippen molar-refractivity contribution in [3.63, 3.8) is 0 Å². The molecule has 0 radical (unpaired) electrons. The maximum absolute atomic E-state index is 12.7. The number of aryl methyl sites for hydroxylation is 2. The van der Waals surface area contributed by atoms with E-state index in [-0.39, 0.29) is 23.3 Å². The van der Waals surface area contributed by atoms with Crippen LogP contribution in [0.2, 0.25) is 0 Å². The molecule has 4 rings (SSSR count). The van der Waals surface area contributed by atoms with Gasteiger partial charge in [-0.1, -0.05) is 5.16 Å². The molecular weight excluding hydrogens is 334 g/mol. The number of carbonyl (C=O) groups is 2. The van der Waals surface area contributed by atoms with Crippen molar-refractivity contribution in [3.05, 3.63) is 35.5 Å². The number of amides is 2. The van der Waals surface area contributed by atoms with Crippen molar-refractivity contribution < 1.29 is 14.1 Å². The van der Waals surface area contributed by atoms with Crippen LogP contribution in [0.1, 0.15) is 46.9 Å². The number of nitrogens with zero attached hydrogens (tertiary/aromatic N) is 5. The van der Waals surface area contributed by atoms with Gasteiger partial charge in [-0.05, 0) is 25.3 Å². The van der Waals surface area contributed by atoms with Crippen molar-refractivity contribution in [2.24, 2.45) is 7.05 Å². The molecule has 0 unspecified atom stereocenters. The van der Waals surface area contributed by atoms with E-state index < -0.39 is 0 Å². The molecule has 8 heteroatoms. The van der Waals surface area contributed by atoms with Gasteiger partial charge < -0.3 is 14.3 Å². The van der Waals surface area contributed by atoms with Gasteiger partial charge in [-0.2, -0.15) is 5.10 Å². The number of hydrogen-bond donors (Lipinski definition) is 0. The number of rotatable bonds is 2. The fourth-order valence-corrected chi connectivity index (χ4v) is 4.49. The van der Waals surface area contributed by atoms with E-state index in [1.165, 1.54) is 6.20 Å². The molecule has 0 aromatic carbocycles. The smallest absolute Gasteiger partial charge is 0.259 e. The van der Waals surface area contributed by atoms with Crippen LogP contribution in [-0.4, -0.2) is 62.2 Å². The highest BCUT2D eigenvalue weighted by Crippen LogP contribution is 2.48. The summed E-state index contributed by atoms with van der Waals surface area (Å²) in [6.07, 6.45) is 7.34. The minimum Gasteiger partial charge on any atom is -0.361 e. The number of carbonyl (C=O) groups excluding carboxylic acids is 2. The Balaban J connectivity index is 1.56. The molecule has 8 nitrogen and oxygen atoms in total. The maximum Gasteiger partial charge on any atom is 0.259 e. The van der Waals surface area contributed by atoms with Crippen LogP contribution in [0.5, 0.6) is 0 Å². The topological polar surface area (TPSA) is 84.5 Å². The third-order valence-electron chi connectivity index (χ3n) is 6.09. The zero-order valence-corrected chi connectivity index (χ0v) is 15.3. The number of likely N-dealkylation sites (tertiary alicyclic amines) is 2. The predicted octanol–water partition coefficient (Wildman–Crippen LogP) is 1.34. The van der Waals surface area contributed by atoms with Crippen molar-refractivity contribution in [2.45, 2.75) is 37.6 Å². The van der Waals surface area contributed by atoms with E-state index in [0.29, 0.717) is 30.8 Å². The van der Waals surface area contributed by atoms with E-state index >= 15 is 0 Å². The van der Waals surface area contributed by atoms with E-state index in [9.17, 15) is 9.59 Å². The normalized spacial score (nSPS) is 22.4. The fraction of sp³-hybridized carbons (Fsp3) is 0.556. The van der Waals surface area contributed by atoms with Crippen molar-refractivity contribution >= 4 is 11.8 Å². The molecule has 0 N–H and O–H groups in total. The lowest BCUT2D eigenvalue weighted by molar-refractivity contribution is -0.130. The summed E-state index contributed by atoms with van der Waals surface area (Å²) >= 11 is 0.